The van der Waals surface area contributed by atoms with Crippen LogP contribution in [0.1, 0.15) is 35.8 Å². The lowest BCUT2D eigenvalue weighted by molar-refractivity contribution is 0.0940. The van der Waals surface area contributed by atoms with Gasteiger partial charge in [0.1, 0.15) is 0 Å². The molecule has 130 valence electrons. The Morgan fingerprint density at radius 3 is 2.38 bits per heavy atom. The van der Waals surface area contributed by atoms with E-state index in [9.17, 15) is 4.79 Å². The van der Waals surface area contributed by atoms with Gasteiger partial charge in [-0.25, -0.2) is 0 Å². The molecule has 3 aromatic carbocycles. The standard InChI is InChI=1S/C23H22N2O/c1-3-25-21-12-8-7-11-19(21)20-15-18(13-14-22(20)25)16(2)24-23(26)17-9-5-4-6-10-17/h4-16H,3H2,1-2H3,(H,24,26). The van der Waals surface area contributed by atoms with E-state index >= 15 is 0 Å². The summed E-state index contributed by atoms with van der Waals surface area (Å²) in [7, 11) is 0. The Balaban J connectivity index is 1.71. The van der Waals surface area contributed by atoms with Crippen LogP contribution in [-0.4, -0.2) is 10.5 Å². The van der Waals surface area contributed by atoms with Crippen LogP contribution in [0.15, 0.2) is 72.8 Å². The first-order chi connectivity index (χ1) is 12.7. The number of rotatable bonds is 4. The number of fused-ring (bicyclic) bond motifs is 3. The van der Waals surface area contributed by atoms with E-state index in [0.717, 1.165) is 12.1 Å². The van der Waals surface area contributed by atoms with Crippen molar-refractivity contribution in [3.05, 3.63) is 83.9 Å². The molecule has 26 heavy (non-hydrogen) atoms. The molecule has 1 heterocycles. The molecule has 1 unspecified atom stereocenters. The molecule has 0 saturated carbocycles. The SMILES string of the molecule is CCn1c2ccccc2c2cc(C(C)NC(=O)c3ccccc3)ccc21. The van der Waals surface area contributed by atoms with Crippen molar-refractivity contribution in [3.63, 3.8) is 0 Å². The van der Waals surface area contributed by atoms with Crippen LogP contribution in [0.4, 0.5) is 0 Å². The van der Waals surface area contributed by atoms with E-state index in [0.29, 0.717) is 5.56 Å². The minimum atomic E-state index is -0.0594. The lowest BCUT2D eigenvalue weighted by atomic mass is 10.0. The van der Waals surface area contributed by atoms with E-state index in [-0.39, 0.29) is 11.9 Å². The maximum absolute atomic E-state index is 12.4. The molecule has 0 radical (unpaired) electrons. The smallest absolute Gasteiger partial charge is 0.251 e. The number of para-hydroxylation sites is 1. The number of amides is 1. The van der Waals surface area contributed by atoms with Crippen molar-refractivity contribution in [2.45, 2.75) is 26.4 Å². The fraction of sp³-hybridized carbons (Fsp3) is 0.174. The van der Waals surface area contributed by atoms with Crippen LogP contribution in [-0.2, 0) is 6.54 Å². The summed E-state index contributed by atoms with van der Waals surface area (Å²) in [6.07, 6.45) is 0. The molecular weight excluding hydrogens is 320 g/mol. The van der Waals surface area contributed by atoms with Gasteiger partial charge in [0, 0.05) is 33.9 Å². The van der Waals surface area contributed by atoms with Crippen LogP contribution >= 0.6 is 0 Å². The zero-order chi connectivity index (χ0) is 18.1. The van der Waals surface area contributed by atoms with Crippen LogP contribution in [0.5, 0.6) is 0 Å². The van der Waals surface area contributed by atoms with Gasteiger partial charge in [0.25, 0.3) is 5.91 Å². The van der Waals surface area contributed by atoms with E-state index in [1.807, 2.05) is 37.3 Å². The first kappa shape index (κ1) is 16.4. The van der Waals surface area contributed by atoms with Gasteiger partial charge in [-0.3, -0.25) is 4.79 Å². The zero-order valence-electron chi connectivity index (χ0n) is 15.1. The highest BCUT2D eigenvalue weighted by atomic mass is 16.1. The average Bonchev–Trinajstić information content (AvgIpc) is 3.01. The molecule has 0 aliphatic heterocycles. The van der Waals surface area contributed by atoms with E-state index < -0.39 is 0 Å². The molecular formula is C23H22N2O. The van der Waals surface area contributed by atoms with Gasteiger partial charge in [-0.05, 0) is 49.7 Å². The summed E-state index contributed by atoms with van der Waals surface area (Å²) in [6.45, 7) is 5.13. The van der Waals surface area contributed by atoms with Crippen LogP contribution in [0.25, 0.3) is 21.8 Å². The topological polar surface area (TPSA) is 34.0 Å². The Morgan fingerprint density at radius 2 is 1.62 bits per heavy atom. The first-order valence-corrected chi connectivity index (χ1v) is 9.06. The Bertz CT molecular complexity index is 1080. The van der Waals surface area contributed by atoms with Gasteiger partial charge in [-0.1, -0.05) is 42.5 Å². The molecule has 1 aromatic heterocycles. The molecule has 1 amide bonds. The van der Waals surface area contributed by atoms with Crippen molar-refractivity contribution in [1.29, 1.82) is 0 Å². The number of aromatic nitrogens is 1. The van der Waals surface area contributed by atoms with E-state index in [2.05, 4.69) is 59.3 Å². The second-order valence-corrected chi connectivity index (χ2v) is 6.60. The van der Waals surface area contributed by atoms with Crippen molar-refractivity contribution in [3.8, 4) is 0 Å². The summed E-state index contributed by atoms with van der Waals surface area (Å²) in [6, 6.07) is 24.3. The molecule has 1 N–H and O–H groups in total. The van der Waals surface area contributed by atoms with Crippen LogP contribution in [0, 0.1) is 0 Å². The minimum Gasteiger partial charge on any atom is -0.346 e. The second kappa shape index (κ2) is 6.68. The predicted octanol–water partition coefficient (Wildman–Crippen LogP) is 5.31. The summed E-state index contributed by atoms with van der Waals surface area (Å²) in [5, 5.41) is 5.59. The molecule has 3 heteroatoms. The van der Waals surface area contributed by atoms with Crippen molar-refractivity contribution in [1.82, 2.24) is 9.88 Å². The Labute approximate surface area is 153 Å². The molecule has 4 aromatic rings. The highest BCUT2D eigenvalue weighted by molar-refractivity contribution is 6.08. The third kappa shape index (κ3) is 2.76. The highest BCUT2D eigenvalue weighted by Crippen LogP contribution is 2.31. The number of aryl methyl sites for hydroxylation is 1. The Morgan fingerprint density at radius 1 is 0.923 bits per heavy atom. The zero-order valence-corrected chi connectivity index (χ0v) is 15.1. The number of nitrogens with zero attached hydrogens (tertiary/aromatic N) is 1. The van der Waals surface area contributed by atoms with Crippen LogP contribution in [0.3, 0.4) is 0 Å². The summed E-state index contributed by atoms with van der Waals surface area (Å²) < 4.78 is 2.33. The van der Waals surface area contributed by atoms with E-state index in [1.54, 1.807) is 0 Å². The molecule has 0 aliphatic rings. The molecule has 0 aliphatic carbocycles. The normalized spacial score (nSPS) is 12.4. The summed E-state index contributed by atoms with van der Waals surface area (Å²) in [5.41, 5.74) is 4.28. The number of hydrogen-bond donors (Lipinski definition) is 1. The lowest BCUT2D eigenvalue weighted by Gasteiger charge is -2.15. The van der Waals surface area contributed by atoms with Gasteiger partial charge in [0.15, 0.2) is 0 Å². The van der Waals surface area contributed by atoms with Gasteiger partial charge in [0.2, 0.25) is 0 Å². The highest BCUT2D eigenvalue weighted by Gasteiger charge is 2.14. The predicted molar refractivity (Wildman–Crippen MR) is 107 cm³/mol. The van der Waals surface area contributed by atoms with Crippen LogP contribution in [0.2, 0.25) is 0 Å². The quantitative estimate of drug-likeness (QED) is 0.536. The maximum Gasteiger partial charge on any atom is 0.251 e. The molecule has 0 saturated heterocycles. The van der Waals surface area contributed by atoms with Crippen LogP contribution < -0.4 is 5.32 Å². The lowest BCUT2D eigenvalue weighted by Crippen LogP contribution is -2.26. The summed E-state index contributed by atoms with van der Waals surface area (Å²) >= 11 is 0. The van der Waals surface area contributed by atoms with Crippen molar-refractivity contribution >= 4 is 27.7 Å². The number of carbonyl (C=O) groups excluding carboxylic acids is 1. The molecule has 4 rings (SSSR count). The minimum absolute atomic E-state index is 0.0471. The fourth-order valence-corrected chi connectivity index (χ4v) is 3.63. The largest absolute Gasteiger partial charge is 0.346 e. The third-order valence-corrected chi connectivity index (χ3v) is 5.00. The van der Waals surface area contributed by atoms with E-state index in [4.69, 9.17) is 0 Å². The molecule has 0 spiro atoms. The number of benzene rings is 3. The van der Waals surface area contributed by atoms with Gasteiger partial charge in [-0.15, -0.1) is 0 Å². The first-order valence-electron chi connectivity index (χ1n) is 9.06. The van der Waals surface area contributed by atoms with Crippen molar-refractivity contribution < 1.29 is 4.79 Å². The number of carbonyl (C=O) groups is 1. The third-order valence-electron chi connectivity index (χ3n) is 5.00. The van der Waals surface area contributed by atoms with Crippen molar-refractivity contribution in [2.24, 2.45) is 0 Å². The average molecular weight is 342 g/mol. The monoisotopic (exact) mass is 342 g/mol. The van der Waals surface area contributed by atoms with Gasteiger partial charge < -0.3 is 9.88 Å². The molecule has 1 atom stereocenters. The second-order valence-electron chi connectivity index (χ2n) is 6.60. The van der Waals surface area contributed by atoms with Crippen molar-refractivity contribution in [2.75, 3.05) is 0 Å². The van der Waals surface area contributed by atoms with Gasteiger partial charge in [-0.2, -0.15) is 0 Å². The van der Waals surface area contributed by atoms with E-state index in [1.165, 1.54) is 21.8 Å². The Kier molecular flexibility index (Phi) is 4.21. The van der Waals surface area contributed by atoms with Gasteiger partial charge >= 0.3 is 0 Å². The maximum atomic E-state index is 12.4. The van der Waals surface area contributed by atoms with Gasteiger partial charge in [0.05, 0.1) is 6.04 Å². The Hall–Kier alpha value is -3.07. The summed E-state index contributed by atoms with van der Waals surface area (Å²) in [4.78, 5) is 12.4. The fourth-order valence-electron chi connectivity index (χ4n) is 3.63. The number of nitrogens with one attached hydrogen (secondary N) is 1. The molecule has 0 fully saturated rings. The molecule has 3 nitrogen and oxygen atoms in total. The summed E-state index contributed by atoms with van der Waals surface area (Å²) in [5.74, 6) is -0.0471. The number of hydrogen-bond acceptors (Lipinski definition) is 1. The molecule has 0 bridgehead atoms.